The molecule has 1 aliphatic rings. The number of rotatable bonds is 1. The van der Waals surface area contributed by atoms with E-state index in [1.165, 1.54) is 6.92 Å². The highest BCUT2D eigenvalue weighted by molar-refractivity contribution is 4.79. The van der Waals surface area contributed by atoms with Crippen molar-refractivity contribution in [2.45, 2.75) is 19.1 Å². The minimum absolute atomic E-state index is 0.376. The Morgan fingerprint density at radius 1 is 1.67 bits per heavy atom. The fourth-order valence-corrected chi connectivity index (χ4v) is 0.753. The van der Waals surface area contributed by atoms with Crippen LogP contribution in [0.3, 0.4) is 0 Å². The summed E-state index contributed by atoms with van der Waals surface area (Å²) in [6.07, 6.45) is -2.44. The third kappa shape index (κ3) is 1.19. The molecule has 1 aliphatic heterocycles. The topological polar surface area (TPSA) is 21.3 Å². The minimum Gasteiger partial charge on any atom is -0.354 e. The van der Waals surface area contributed by atoms with Gasteiger partial charge in [-0.25, -0.2) is 8.78 Å². The Balaban J connectivity index is 2.51. The first-order valence-corrected chi connectivity index (χ1v) is 2.82. The van der Waals surface area contributed by atoms with Gasteiger partial charge in [-0.15, -0.1) is 0 Å². The molecule has 0 amide bonds. The van der Waals surface area contributed by atoms with Crippen molar-refractivity contribution in [2.24, 2.45) is 0 Å². The van der Waals surface area contributed by atoms with Crippen molar-refractivity contribution in [1.82, 2.24) is 5.32 Å². The average Bonchev–Trinajstić information content (AvgIpc) is 2.16. The van der Waals surface area contributed by atoms with Crippen LogP contribution in [-0.2, 0) is 4.74 Å². The predicted octanol–water partition coefficient (Wildman–Crippen LogP) is 0.587. The van der Waals surface area contributed by atoms with E-state index in [4.69, 9.17) is 4.74 Å². The number of halogens is 2. The SMILES string of the molecule is CC1(C(F)F)NCCO1. The number of hydrogen-bond donors (Lipinski definition) is 1. The Labute approximate surface area is 52.2 Å². The van der Waals surface area contributed by atoms with Gasteiger partial charge in [0.05, 0.1) is 6.61 Å². The Morgan fingerprint density at radius 3 is 2.56 bits per heavy atom. The van der Waals surface area contributed by atoms with E-state index >= 15 is 0 Å². The fourth-order valence-electron chi connectivity index (χ4n) is 0.753. The van der Waals surface area contributed by atoms with Gasteiger partial charge in [0.15, 0.2) is 5.72 Å². The molecule has 0 bridgehead atoms. The Kier molecular flexibility index (Phi) is 1.68. The maximum absolute atomic E-state index is 11.9. The van der Waals surface area contributed by atoms with Crippen LogP contribution in [0.4, 0.5) is 8.78 Å². The zero-order valence-corrected chi connectivity index (χ0v) is 5.16. The van der Waals surface area contributed by atoms with Gasteiger partial charge >= 0.3 is 0 Å². The van der Waals surface area contributed by atoms with Crippen LogP contribution in [0.25, 0.3) is 0 Å². The van der Waals surface area contributed by atoms with E-state index in [9.17, 15) is 8.78 Å². The zero-order valence-electron chi connectivity index (χ0n) is 5.16. The van der Waals surface area contributed by atoms with Crippen molar-refractivity contribution >= 4 is 0 Å². The van der Waals surface area contributed by atoms with E-state index in [0.717, 1.165) is 0 Å². The highest BCUT2D eigenvalue weighted by Gasteiger charge is 2.38. The summed E-state index contributed by atoms with van der Waals surface area (Å²) in [7, 11) is 0. The van der Waals surface area contributed by atoms with Gasteiger partial charge in [-0.1, -0.05) is 0 Å². The third-order valence-electron chi connectivity index (χ3n) is 1.40. The summed E-state index contributed by atoms with van der Waals surface area (Å²) in [6, 6.07) is 0. The van der Waals surface area contributed by atoms with E-state index < -0.39 is 12.2 Å². The first-order chi connectivity index (χ1) is 4.15. The summed E-state index contributed by atoms with van der Waals surface area (Å²) in [5.74, 6) is 0. The lowest BCUT2D eigenvalue weighted by Crippen LogP contribution is -2.44. The standard InChI is InChI=1S/C5H9F2NO/c1-5(4(6)7)8-2-3-9-5/h4,8H,2-3H2,1H3. The highest BCUT2D eigenvalue weighted by atomic mass is 19.3. The minimum atomic E-state index is -2.44. The molecule has 2 nitrogen and oxygen atoms in total. The van der Waals surface area contributed by atoms with Crippen LogP contribution in [0.2, 0.25) is 0 Å². The number of alkyl halides is 2. The molecule has 1 saturated heterocycles. The molecule has 0 aromatic carbocycles. The first-order valence-electron chi connectivity index (χ1n) is 2.82. The van der Waals surface area contributed by atoms with Crippen molar-refractivity contribution < 1.29 is 13.5 Å². The lowest BCUT2D eigenvalue weighted by atomic mass is 10.3. The van der Waals surface area contributed by atoms with Gasteiger partial charge in [0.2, 0.25) is 0 Å². The molecule has 0 aromatic rings. The Hall–Kier alpha value is -0.220. The second-order valence-electron chi connectivity index (χ2n) is 2.18. The summed E-state index contributed by atoms with van der Waals surface area (Å²) >= 11 is 0. The number of nitrogens with one attached hydrogen (secondary N) is 1. The quantitative estimate of drug-likeness (QED) is 0.571. The van der Waals surface area contributed by atoms with Crippen molar-refractivity contribution in [3.8, 4) is 0 Å². The van der Waals surface area contributed by atoms with Crippen LogP contribution in [0, 0.1) is 0 Å². The maximum atomic E-state index is 11.9. The van der Waals surface area contributed by atoms with Crippen molar-refractivity contribution in [3.63, 3.8) is 0 Å². The van der Waals surface area contributed by atoms with Gasteiger partial charge in [-0.3, -0.25) is 5.32 Å². The smallest absolute Gasteiger partial charge is 0.280 e. The molecular formula is C5H9F2NO. The molecule has 4 heteroatoms. The van der Waals surface area contributed by atoms with Gasteiger partial charge < -0.3 is 4.74 Å². The van der Waals surface area contributed by atoms with Crippen LogP contribution in [0.1, 0.15) is 6.92 Å². The van der Waals surface area contributed by atoms with E-state index in [0.29, 0.717) is 13.2 Å². The van der Waals surface area contributed by atoms with Crippen LogP contribution in [0.15, 0.2) is 0 Å². The zero-order chi connectivity index (χ0) is 6.91. The molecule has 1 fully saturated rings. The molecular weight excluding hydrogens is 128 g/mol. The van der Waals surface area contributed by atoms with Crippen LogP contribution >= 0.6 is 0 Å². The molecule has 0 saturated carbocycles. The summed E-state index contributed by atoms with van der Waals surface area (Å²) in [6.45, 7) is 2.24. The molecule has 1 heterocycles. The van der Waals surface area contributed by atoms with Crippen LogP contribution < -0.4 is 5.32 Å². The largest absolute Gasteiger partial charge is 0.354 e. The molecule has 1 rings (SSSR count). The van der Waals surface area contributed by atoms with Gasteiger partial charge in [0, 0.05) is 6.54 Å². The number of hydrogen-bond acceptors (Lipinski definition) is 2. The molecule has 1 N–H and O–H groups in total. The van der Waals surface area contributed by atoms with Crippen LogP contribution in [0.5, 0.6) is 0 Å². The molecule has 54 valence electrons. The van der Waals surface area contributed by atoms with Gasteiger partial charge in [-0.05, 0) is 6.92 Å². The first kappa shape index (κ1) is 6.89. The molecule has 0 radical (unpaired) electrons. The van der Waals surface area contributed by atoms with Crippen molar-refractivity contribution in [1.29, 1.82) is 0 Å². The fraction of sp³-hybridized carbons (Fsp3) is 1.00. The molecule has 0 aromatic heterocycles. The molecule has 1 unspecified atom stereocenters. The predicted molar refractivity (Wildman–Crippen MR) is 28.4 cm³/mol. The summed E-state index contributed by atoms with van der Waals surface area (Å²) in [5.41, 5.74) is -1.39. The van der Waals surface area contributed by atoms with Gasteiger partial charge in [0.1, 0.15) is 0 Å². The monoisotopic (exact) mass is 137 g/mol. The van der Waals surface area contributed by atoms with Gasteiger partial charge in [0.25, 0.3) is 6.43 Å². The summed E-state index contributed by atoms with van der Waals surface area (Å²) in [4.78, 5) is 0. The number of ether oxygens (including phenoxy) is 1. The normalized spacial score (nSPS) is 36.0. The van der Waals surface area contributed by atoms with Crippen LogP contribution in [-0.4, -0.2) is 25.3 Å². The van der Waals surface area contributed by atoms with Crippen molar-refractivity contribution in [2.75, 3.05) is 13.2 Å². The van der Waals surface area contributed by atoms with E-state index in [2.05, 4.69) is 5.32 Å². The lowest BCUT2D eigenvalue weighted by Gasteiger charge is -2.21. The second kappa shape index (κ2) is 2.19. The average molecular weight is 137 g/mol. The van der Waals surface area contributed by atoms with E-state index in [1.807, 2.05) is 0 Å². The molecule has 0 aliphatic carbocycles. The lowest BCUT2D eigenvalue weighted by molar-refractivity contribution is -0.108. The third-order valence-corrected chi connectivity index (χ3v) is 1.40. The Morgan fingerprint density at radius 2 is 2.33 bits per heavy atom. The molecule has 1 atom stereocenters. The van der Waals surface area contributed by atoms with Crippen molar-refractivity contribution in [3.05, 3.63) is 0 Å². The van der Waals surface area contributed by atoms with E-state index in [-0.39, 0.29) is 0 Å². The molecule has 0 spiro atoms. The maximum Gasteiger partial charge on any atom is 0.280 e. The highest BCUT2D eigenvalue weighted by Crippen LogP contribution is 2.19. The summed E-state index contributed by atoms with van der Waals surface area (Å²) < 4.78 is 28.6. The van der Waals surface area contributed by atoms with E-state index in [1.54, 1.807) is 0 Å². The summed E-state index contributed by atoms with van der Waals surface area (Å²) in [5, 5.41) is 2.56. The second-order valence-corrected chi connectivity index (χ2v) is 2.18. The molecule has 9 heavy (non-hydrogen) atoms. The Bertz CT molecular complexity index is 101. The van der Waals surface area contributed by atoms with Gasteiger partial charge in [-0.2, -0.15) is 0 Å².